The molecule has 0 radical (unpaired) electrons. The Hall–Kier alpha value is -0.710. The summed E-state index contributed by atoms with van der Waals surface area (Å²) in [7, 11) is 0. The van der Waals surface area contributed by atoms with Gasteiger partial charge in [-0.2, -0.15) is 0 Å². The first-order valence-electron chi connectivity index (χ1n) is 4.93. The van der Waals surface area contributed by atoms with Crippen LogP contribution in [-0.2, 0) is 12.8 Å². The van der Waals surface area contributed by atoms with Gasteiger partial charge in [0.25, 0.3) is 0 Å². The van der Waals surface area contributed by atoms with Crippen LogP contribution in [0.2, 0.25) is 0 Å². The number of thiophene rings is 1. The first kappa shape index (κ1) is 10.8. The maximum atomic E-state index is 9.92. The molecule has 2 nitrogen and oxygen atoms in total. The van der Waals surface area contributed by atoms with Crippen LogP contribution in [0.4, 0.5) is 0 Å². The highest BCUT2D eigenvalue weighted by molar-refractivity contribution is 7.12. The highest BCUT2D eigenvalue weighted by atomic mass is 32.1. The van der Waals surface area contributed by atoms with Crippen LogP contribution in [0.3, 0.4) is 0 Å². The number of rotatable bonds is 4. The molecule has 0 saturated heterocycles. The lowest BCUT2D eigenvalue weighted by Gasteiger charge is -2.05. The van der Waals surface area contributed by atoms with Crippen LogP contribution < -0.4 is 0 Å². The van der Waals surface area contributed by atoms with Gasteiger partial charge < -0.3 is 5.11 Å². The number of thiazole rings is 1. The van der Waals surface area contributed by atoms with Gasteiger partial charge in [-0.05, 0) is 18.6 Å². The third-order valence-corrected chi connectivity index (χ3v) is 4.37. The Balaban J connectivity index is 2.02. The number of aryl methyl sites for hydroxylation is 1. The van der Waals surface area contributed by atoms with Crippen LogP contribution in [0.1, 0.15) is 27.7 Å². The van der Waals surface area contributed by atoms with Gasteiger partial charge in [0.15, 0.2) is 0 Å². The Morgan fingerprint density at radius 3 is 2.80 bits per heavy atom. The number of hydrogen-bond donors (Lipinski definition) is 1. The molecule has 4 heteroatoms. The van der Waals surface area contributed by atoms with Crippen molar-refractivity contribution in [1.82, 2.24) is 4.98 Å². The fourth-order valence-corrected chi connectivity index (χ4v) is 3.00. The maximum absolute atomic E-state index is 9.92. The molecule has 0 amide bonds. The minimum Gasteiger partial charge on any atom is -0.387 e. The van der Waals surface area contributed by atoms with E-state index in [1.54, 1.807) is 23.0 Å². The lowest BCUT2D eigenvalue weighted by molar-refractivity contribution is 0.183. The van der Waals surface area contributed by atoms with E-state index >= 15 is 0 Å². The summed E-state index contributed by atoms with van der Waals surface area (Å²) in [5.41, 5.74) is 1.75. The monoisotopic (exact) mass is 239 g/mol. The maximum Gasteiger partial charge on any atom is 0.0946 e. The Morgan fingerprint density at radius 1 is 1.40 bits per heavy atom. The van der Waals surface area contributed by atoms with Crippen molar-refractivity contribution in [2.75, 3.05) is 0 Å². The molecule has 2 aromatic rings. The van der Waals surface area contributed by atoms with Crippen molar-refractivity contribution >= 4 is 22.7 Å². The molecule has 15 heavy (non-hydrogen) atoms. The quantitative estimate of drug-likeness (QED) is 0.889. The molecule has 0 aromatic carbocycles. The summed E-state index contributed by atoms with van der Waals surface area (Å²) in [5.74, 6) is 0. The van der Waals surface area contributed by atoms with Crippen molar-refractivity contribution in [2.24, 2.45) is 0 Å². The minimum absolute atomic E-state index is 0.402. The molecule has 1 atom stereocenters. The molecule has 0 saturated carbocycles. The zero-order chi connectivity index (χ0) is 10.7. The van der Waals surface area contributed by atoms with E-state index in [2.05, 4.69) is 24.0 Å². The summed E-state index contributed by atoms with van der Waals surface area (Å²) >= 11 is 3.29. The van der Waals surface area contributed by atoms with Gasteiger partial charge in [0.2, 0.25) is 0 Å². The summed E-state index contributed by atoms with van der Waals surface area (Å²) in [6.07, 6.45) is 3.11. The van der Waals surface area contributed by atoms with E-state index in [-0.39, 0.29) is 0 Å². The number of aliphatic hydroxyl groups excluding tert-OH is 1. The van der Waals surface area contributed by atoms with E-state index in [1.807, 2.05) is 0 Å². The third kappa shape index (κ3) is 2.65. The molecule has 2 aromatic heterocycles. The normalized spacial score (nSPS) is 12.9. The first-order chi connectivity index (χ1) is 7.29. The zero-order valence-electron chi connectivity index (χ0n) is 8.51. The van der Waals surface area contributed by atoms with Crippen molar-refractivity contribution in [1.29, 1.82) is 0 Å². The number of aromatic nitrogens is 1. The number of aliphatic hydroxyl groups is 1. The van der Waals surface area contributed by atoms with Crippen molar-refractivity contribution in [2.45, 2.75) is 25.9 Å². The molecule has 0 aliphatic rings. The Morgan fingerprint density at radius 2 is 2.20 bits per heavy atom. The largest absolute Gasteiger partial charge is 0.387 e. The molecule has 1 N–H and O–H groups in total. The van der Waals surface area contributed by atoms with E-state index in [0.29, 0.717) is 6.42 Å². The average Bonchev–Trinajstić information content (AvgIpc) is 2.87. The van der Waals surface area contributed by atoms with E-state index in [9.17, 15) is 5.11 Å². The van der Waals surface area contributed by atoms with Gasteiger partial charge >= 0.3 is 0 Å². The van der Waals surface area contributed by atoms with Gasteiger partial charge in [0.1, 0.15) is 0 Å². The molecule has 2 rings (SSSR count). The summed E-state index contributed by atoms with van der Waals surface area (Å²) in [6, 6.07) is 4.24. The molecular weight excluding hydrogens is 226 g/mol. The van der Waals surface area contributed by atoms with Crippen LogP contribution in [0.15, 0.2) is 23.8 Å². The molecule has 0 aliphatic heterocycles. The Labute approximate surface area is 97.2 Å². The standard InChI is InChI=1S/C11H13NOS2/c1-2-8-3-4-9(15-8)5-10(13)11-6-12-7-14-11/h3-4,6-7,10,13H,2,5H2,1H3. The third-order valence-electron chi connectivity index (χ3n) is 2.24. The summed E-state index contributed by atoms with van der Waals surface area (Å²) in [6.45, 7) is 2.15. The van der Waals surface area contributed by atoms with Gasteiger partial charge in [0, 0.05) is 22.4 Å². The van der Waals surface area contributed by atoms with Crippen LogP contribution in [-0.4, -0.2) is 10.1 Å². The molecule has 2 heterocycles. The highest BCUT2D eigenvalue weighted by Gasteiger charge is 2.11. The van der Waals surface area contributed by atoms with Gasteiger partial charge in [-0.1, -0.05) is 6.92 Å². The van der Waals surface area contributed by atoms with E-state index in [0.717, 1.165) is 11.3 Å². The SMILES string of the molecule is CCc1ccc(CC(O)c2cncs2)s1. The van der Waals surface area contributed by atoms with Crippen molar-refractivity contribution in [3.05, 3.63) is 38.5 Å². The Kier molecular flexibility index (Phi) is 3.51. The topological polar surface area (TPSA) is 33.1 Å². The summed E-state index contributed by atoms with van der Waals surface area (Å²) < 4.78 is 0. The highest BCUT2D eigenvalue weighted by Crippen LogP contribution is 2.25. The average molecular weight is 239 g/mol. The first-order valence-corrected chi connectivity index (χ1v) is 6.63. The minimum atomic E-state index is -0.402. The van der Waals surface area contributed by atoms with Gasteiger partial charge in [-0.25, -0.2) is 0 Å². The Bertz CT molecular complexity index is 408. The molecule has 0 bridgehead atoms. The van der Waals surface area contributed by atoms with Gasteiger partial charge in [-0.3, -0.25) is 4.98 Å². The van der Waals surface area contributed by atoms with Crippen molar-refractivity contribution in [3.8, 4) is 0 Å². The van der Waals surface area contributed by atoms with E-state index in [1.165, 1.54) is 21.1 Å². The fraction of sp³-hybridized carbons (Fsp3) is 0.364. The fourth-order valence-electron chi connectivity index (χ4n) is 1.40. The zero-order valence-corrected chi connectivity index (χ0v) is 10.1. The van der Waals surface area contributed by atoms with Crippen molar-refractivity contribution < 1.29 is 5.11 Å². The molecule has 80 valence electrons. The molecule has 0 spiro atoms. The van der Waals surface area contributed by atoms with Gasteiger partial charge in [0.05, 0.1) is 16.5 Å². The molecular formula is C11H13NOS2. The van der Waals surface area contributed by atoms with Crippen LogP contribution in [0.25, 0.3) is 0 Å². The second kappa shape index (κ2) is 4.88. The predicted octanol–water partition coefficient (Wildman–Crippen LogP) is 3.04. The second-order valence-corrected chi connectivity index (χ2v) is 5.52. The van der Waals surface area contributed by atoms with Crippen molar-refractivity contribution in [3.63, 3.8) is 0 Å². The van der Waals surface area contributed by atoms with Crippen LogP contribution in [0.5, 0.6) is 0 Å². The lowest BCUT2D eigenvalue weighted by Crippen LogP contribution is -1.97. The van der Waals surface area contributed by atoms with Crippen LogP contribution >= 0.6 is 22.7 Å². The predicted molar refractivity (Wildman–Crippen MR) is 64.5 cm³/mol. The molecule has 1 unspecified atom stereocenters. The lowest BCUT2D eigenvalue weighted by atomic mass is 10.2. The summed E-state index contributed by atoms with van der Waals surface area (Å²) in [5, 5.41) is 9.92. The molecule has 0 fully saturated rings. The van der Waals surface area contributed by atoms with E-state index < -0.39 is 6.10 Å². The molecule has 0 aliphatic carbocycles. The number of hydrogen-bond acceptors (Lipinski definition) is 4. The smallest absolute Gasteiger partial charge is 0.0946 e. The van der Waals surface area contributed by atoms with Crippen LogP contribution in [0, 0.1) is 0 Å². The summed E-state index contributed by atoms with van der Waals surface area (Å²) in [4.78, 5) is 7.53. The van der Waals surface area contributed by atoms with E-state index in [4.69, 9.17) is 0 Å². The second-order valence-electron chi connectivity index (χ2n) is 3.35. The van der Waals surface area contributed by atoms with Gasteiger partial charge in [-0.15, -0.1) is 22.7 Å². The number of nitrogens with zero attached hydrogens (tertiary/aromatic N) is 1.